The Morgan fingerprint density at radius 3 is 2.26 bits per heavy atom. The van der Waals surface area contributed by atoms with Crippen molar-refractivity contribution in [3.05, 3.63) is 47.2 Å². The van der Waals surface area contributed by atoms with E-state index >= 15 is 0 Å². The first kappa shape index (κ1) is 13.6. The van der Waals surface area contributed by atoms with Crippen LogP contribution in [0.4, 0.5) is 0 Å². The Morgan fingerprint density at radius 2 is 1.68 bits per heavy atom. The molecule has 0 fully saturated rings. The molecule has 0 radical (unpaired) electrons. The summed E-state index contributed by atoms with van der Waals surface area (Å²) in [7, 11) is -4.99. The molecule has 5 nitrogen and oxygen atoms in total. The van der Waals surface area contributed by atoms with Crippen molar-refractivity contribution >= 4 is 47.7 Å². The van der Waals surface area contributed by atoms with Gasteiger partial charge in [0.05, 0.1) is 10.9 Å². The highest BCUT2D eigenvalue weighted by Gasteiger charge is 2.23. The largest absolute Gasteiger partial charge is 0.222 e. The molecule has 0 heterocycles. The minimum absolute atomic E-state index is 0.00520. The molecule has 0 aliphatic heterocycles. The second-order valence-corrected chi connectivity index (χ2v) is 5.47. The van der Waals surface area contributed by atoms with Crippen LogP contribution in [0.2, 0.25) is 0 Å². The van der Waals surface area contributed by atoms with E-state index in [4.69, 9.17) is 0 Å². The van der Waals surface area contributed by atoms with Crippen molar-refractivity contribution in [3.63, 3.8) is 0 Å². The molecule has 0 atom stereocenters. The average molecular weight is 311 g/mol. The third-order valence-corrected chi connectivity index (χ3v) is 3.94. The number of allylic oxidation sites excluding steroid dienone is 7. The van der Waals surface area contributed by atoms with E-state index in [-0.39, 0.29) is 21.0 Å². The van der Waals surface area contributed by atoms with Gasteiger partial charge in [-0.15, -0.1) is 0 Å². The number of hydrogen-bond donors (Lipinski definition) is 0. The molecule has 19 heavy (non-hydrogen) atoms. The normalized spacial score (nSPS) is 16.7. The van der Waals surface area contributed by atoms with Crippen LogP contribution in [0.1, 0.15) is 0 Å². The summed E-state index contributed by atoms with van der Waals surface area (Å²) in [4.78, 5) is 3.66. The quantitative estimate of drug-likeness (QED) is 0.521. The number of aliphatic imine (C=N–C) groups is 1. The average Bonchev–Trinajstić information content (AvgIpc) is 2.37. The van der Waals surface area contributed by atoms with Crippen LogP contribution in [0.25, 0.3) is 0 Å². The lowest BCUT2D eigenvalue weighted by atomic mass is 9.90. The summed E-state index contributed by atoms with van der Waals surface area (Å²) in [6.45, 7) is 0. The predicted octanol–water partition coefficient (Wildman–Crippen LogP) is 0.512. The van der Waals surface area contributed by atoms with Crippen molar-refractivity contribution in [2.45, 2.75) is 0 Å². The summed E-state index contributed by atoms with van der Waals surface area (Å²) < 4.78 is 44.7. The fourth-order valence-electron chi connectivity index (χ4n) is 1.71. The maximum absolute atomic E-state index is 11.2. The predicted molar refractivity (Wildman–Crippen MR) is 76.3 cm³/mol. The van der Waals surface area contributed by atoms with Crippen molar-refractivity contribution in [1.29, 1.82) is 0 Å². The minimum Gasteiger partial charge on any atom is -0.195 e. The second-order valence-electron chi connectivity index (χ2n) is 3.47. The number of fused-ring (bicyclic) bond motifs is 1. The highest BCUT2D eigenvalue weighted by atomic mass is 32.2. The monoisotopic (exact) mass is 311 g/mol. The van der Waals surface area contributed by atoms with Crippen LogP contribution in [-0.2, 0) is 20.6 Å². The van der Waals surface area contributed by atoms with Gasteiger partial charge in [-0.3, -0.25) is 0 Å². The number of isothiocyanates is 1. The smallest absolute Gasteiger partial charge is 0.195 e. The van der Waals surface area contributed by atoms with Gasteiger partial charge in [-0.05, 0) is 30.4 Å². The summed E-state index contributed by atoms with van der Waals surface area (Å²) >= 11 is 4.46. The van der Waals surface area contributed by atoms with Crippen LogP contribution < -0.4 is 0 Å². The maximum atomic E-state index is 11.2. The maximum Gasteiger partial charge on any atom is 0.222 e. The van der Waals surface area contributed by atoms with Gasteiger partial charge in [0.15, 0.2) is 0 Å². The number of hydrogen-bond acceptors (Lipinski definition) is 6. The molecular weight excluding hydrogens is 306 g/mol. The SMILES string of the molecule is O=S(=O)=C1C=CC=C2C1=CC(N=C=S)=CC2=S(=O)=O. The van der Waals surface area contributed by atoms with Crippen molar-refractivity contribution in [1.82, 2.24) is 0 Å². The molecule has 2 aliphatic carbocycles. The van der Waals surface area contributed by atoms with Crippen LogP contribution in [0.3, 0.4) is 0 Å². The summed E-state index contributed by atoms with van der Waals surface area (Å²) in [6.07, 6.45) is 7.15. The van der Waals surface area contributed by atoms with E-state index in [1.165, 1.54) is 30.4 Å². The second kappa shape index (κ2) is 5.41. The van der Waals surface area contributed by atoms with Gasteiger partial charge >= 0.3 is 0 Å². The first-order valence-electron chi connectivity index (χ1n) is 4.87. The molecule has 0 N–H and O–H groups in total. The third kappa shape index (κ3) is 2.61. The first-order chi connectivity index (χ1) is 9.04. The van der Waals surface area contributed by atoms with Crippen LogP contribution in [0.5, 0.6) is 0 Å². The summed E-state index contributed by atoms with van der Waals surface area (Å²) in [5.74, 6) is 0. The molecule has 0 spiro atoms. The first-order valence-corrected chi connectivity index (χ1v) is 7.43. The van der Waals surface area contributed by atoms with Gasteiger partial charge in [0.25, 0.3) is 0 Å². The molecule has 0 saturated heterocycles. The van der Waals surface area contributed by atoms with E-state index in [1.807, 2.05) is 0 Å². The molecule has 0 saturated carbocycles. The Morgan fingerprint density at radius 1 is 1.00 bits per heavy atom. The summed E-state index contributed by atoms with van der Waals surface area (Å²) in [5.41, 5.74) is 0.833. The lowest BCUT2D eigenvalue weighted by Gasteiger charge is -2.16. The molecule has 96 valence electrons. The highest BCUT2D eigenvalue weighted by molar-refractivity contribution is 7.78. The Balaban J connectivity index is 2.86. The Bertz CT molecular complexity index is 887. The fraction of sp³-hybridized carbons (Fsp3) is 0. The van der Waals surface area contributed by atoms with Crippen LogP contribution in [0, 0.1) is 0 Å². The Hall–Kier alpha value is -1.86. The lowest BCUT2D eigenvalue weighted by Crippen LogP contribution is -2.17. The van der Waals surface area contributed by atoms with Gasteiger partial charge in [0.1, 0.15) is 9.73 Å². The van der Waals surface area contributed by atoms with E-state index in [9.17, 15) is 16.8 Å². The number of nitrogens with zero attached hydrogens (tertiary/aromatic N) is 1. The standard InChI is InChI=1S/C11H5NO4S3/c13-18(14)10-3-1-2-8-9(10)4-7(12-6-17)5-11(8)19(15)16/h1-5H. The zero-order chi connectivity index (χ0) is 14.0. The van der Waals surface area contributed by atoms with E-state index in [1.54, 1.807) is 0 Å². The molecule has 0 aromatic heterocycles. The van der Waals surface area contributed by atoms with Crippen LogP contribution >= 0.6 is 12.2 Å². The van der Waals surface area contributed by atoms with Gasteiger partial charge in [-0.2, -0.15) is 21.8 Å². The van der Waals surface area contributed by atoms with Crippen molar-refractivity contribution in [2.24, 2.45) is 4.99 Å². The summed E-state index contributed by atoms with van der Waals surface area (Å²) in [6, 6.07) is 0. The number of thiocarbonyl (C=S) groups is 1. The Labute approximate surface area is 117 Å². The van der Waals surface area contributed by atoms with E-state index < -0.39 is 20.6 Å². The molecule has 0 amide bonds. The van der Waals surface area contributed by atoms with Crippen LogP contribution in [0.15, 0.2) is 52.2 Å². The third-order valence-electron chi connectivity index (χ3n) is 2.44. The molecule has 2 rings (SSSR count). The fourth-order valence-corrected chi connectivity index (χ4v) is 2.93. The molecule has 0 aromatic carbocycles. The van der Waals surface area contributed by atoms with Crippen molar-refractivity contribution in [3.8, 4) is 0 Å². The van der Waals surface area contributed by atoms with E-state index in [0.717, 1.165) is 0 Å². The molecular formula is C11H5NO4S3. The lowest BCUT2D eigenvalue weighted by molar-refractivity contribution is 0.625. The van der Waals surface area contributed by atoms with Gasteiger partial charge in [-0.25, -0.2) is 0 Å². The van der Waals surface area contributed by atoms with Crippen molar-refractivity contribution in [2.75, 3.05) is 0 Å². The topological polar surface area (TPSA) is 80.6 Å². The van der Waals surface area contributed by atoms with Gasteiger partial charge < -0.3 is 0 Å². The van der Waals surface area contributed by atoms with Gasteiger partial charge in [0.2, 0.25) is 20.6 Å². The molecule has 0 aromatic rings. The van der Waals surface area contributed by atoms with E-state index in [0.29, 0.717) is 5.57 Å². The van der Waals surface area contributed by atoms with E-state index in [2.05, 4.69) is 22.4 Å². The zero-order valence-electron chi connectivity index (χ0n) is 9.19. The molecule has 0 unspecified atom stereocenters. The highest BCUT2D eigenvalue weighted by Crippen LogP contribution is 2.26. The van der Waals surface area contributed by atoms with Crippen LogP contribution in [-0.4, -0.2) is 31.7 Å². The number of rotatable bonds is 1. The molecule has 0 bridgehead atoms. The molecule has 8 heteroatoms. The van der Waals surface area contributed by atoms with Gasteiger partial charge in [0, 0.05) is 11.1 Å². The molecule has 2 aliphatic rings. The minimum atomic E-state index is -2.51. The summed E-state index contributed by atoms with van der Waals surface area (Å²) in [5, 5.41) is 2.12. The zero-order valence-corrected chi connectivity index (χ0v) is 11.6. The van der Waals surface area contributed by atoms with Gasteiger partial charge in [-0.1, -0.05) is 12.2 Å². The Kier molecular flexibility index (Phi) is 3.87. The van der Waals surface area contributed by atoms with Crippen molar-refractivity contribution < 1.29 is 16.8 Å².